The van der Waals surface area contributed by atoms with Crippen molar-refractivity contribution in [2.75, 3.05) is 0 Å². The molecule has 3 N–H and O–H groups in total. The maximum Gasteiger partial charge on any atom is 0.326 e. The number of rotatable bonds is 5. The fourth-order valence-electron chi connectivity index (χ4n) is 1.34. The highest BCUT2D eigenvalue weighted by Gasteiger charge is 2.22. The number of aliphatic hydroxyl groups excluding tert-OH is 1. The number of benzene rings is 1. The summed E-state index contributed by atoms with van der Waals surface area (Å²) in [7, 11) is 0. The lowest BCUT2D eigenvalue weighted by molar-refractivity contribution is -0.143. The number of hydrogen-bond donors (Lipinski definition) is 3. The number of carbonyl (C=O) groups is 2. The highest BCUT2D eigenvalue weighted by Crippen LogP contribution is 2.03. The van der Waals surface area contributed by atoms with E-state index >= 15 is 0 Å². The minimum atomic E-state index is -1.22. The van der Waals surface area contributed by atoms with E-state index in [1.165, 1.54) is 6.92 Å². The maximum atomic E-state index is 11.2. The predicted octanol–water partition coefficient (Wildman–Crippen LogP) is 0.179. The van der Waals surface area contributed by atoms with Gasteiger partial charge in [0.2, 0.25) is 5.91 Å². The Morgan fingerprint density at radius 3 is 2.35 bits per heavy atom. The summed E-state index contributed by atoms with van der Waals surface area (Å²) in [6, 6.07) is 7.96. The second-order valence-corrected chi connectivity index (χ2v) is 3.77. The monoisotopic (exact) mass is 237 g/mol. The van der Waals surface area contributed by atoms with Crippen LogP contribution in [0, 0.1) is 0 Å². The predicted molar refractivity (Wildman–Crippen MR) is 61.4 cm³/mol. The molecule has 1 rings (SSSR count). The highest BCUT2D eigenvalue weighted by molar-refractivity contribution is 5.86. The average Bonchev–Trinajstić information content (AvgIpc) is 2.29. The zero-order valence-electron chi connectivity index (χ0n) is 9.46. The second kappa shape index (κ2) is 6.00. The van der Waals surface area contributed by atoms with Gasteiger partial charge in [-0.15, -0.1) is 0 Å². The van der Waals surface area contributed by atoms with Crippen molar-refractivity contribution in [3.05, 3.63) is 35.9 Å². The van der Waals surface area contributed by atoms with E-state index in [2.05, 4.69) is 5.32 Å². The topological polar surface area (TPSA) is 86.6 Å². The number of carbonyl (C=O) groups excluding carboxylic acids is 1. The number of carboxylic acids is 1. The van der Waals surface area contributed by atoms with Gasteiger partial charge in [0.1, 0.15) is 12.1 Å². The Morgan fingerprint density at radius 1 is 1.29 bits per heavy atom. The summed E-state index contributed by atoms with van der Waals surface area (Å²) in [5, 5.41) is 20.3. The fraction of sp³-hybridized carbons (Fsp3) is 0.333. The van der Waals surface area contributed by atoms with Crippen LogP contribution in [0.4, 0.5) is 0 Å². The number of aliphatic carboxylic acids is 1. The zero-order chi connectivity index (χ0) is 12.8. The third-order valence-electron chi connectivity index (χ3n) is 2.28. The van der Waals surface area contributed by atoms with Crippen LogP contribution in [0.3, 0.4) is 0 Å². The Hall–Kier alpha value is -1.88. The molecule has 1 aromatic rings. The second-order valence-electron chi connectivity index (χ2n) is 3.77. The van der Waals surface area contributed by atoms with E-state index in [4.69, 9.17) is 10.2 Å². The van der Waals surface area contributed by atoms with Crippen molar-refractivity contribution in [3.63, 3.8) is 0 Å². The summed E-state index contributed by atoms with van der Waals surface area (Å²) in [6.07, 6.45) is -1.03. The Balaban J connectivity index is 2.68. The van der Waals surface area contributed by atoms with Gasteiger partial charge >= 0.3 is 5.97 Å². The summed E-state index contributed by atoms with van der Waals surface area (Å²) in [4.78, 5) is 22.2. The number of carboxylic acid groups (broad SMARTS) is 1. The van der Waals surface area contributed by atoms with E-state index in [1.807, 2.05) is 6.07 Å². The van der Waals surface area contributed by atoms with Gasteiger partial charge in [-0.2, -0.15) is 0 Å². The van der Waals surface area contributed by atoms with Crippen LogP contribution < -0.4 is 5.32 Å². The van der Waals surface area contributed by atoms with Gasteiger partial charge in [-0.25, -0.2) is 4.79 Å². The van der Waals surface area contributed by atoms with Gasteiger partial charge in [0.15, 0.2) is 0 Å². The molecule has 5 heteroatoms. The zero-order valence-corrected chi connectivity index (χ0v) is 9.46. The minimum absolute atomic E-state index is 0.189. The van der Waals surface area contributed by atoms with Crippen LogP contribution in [0.25, 0.3) is 0 Å². The van der Waals surface area contributed by atoms with Crippen molar-refractivity contribution in [1.29, 1.82) is 0 Å². The lowest BCUT2D eigenvalue weighted by Crippen LogP contribution is -2.45. The molecule has 0 aliphatic rings. The molecule has 92 valence electrons. The Kier molecular flexibility index (Phi) is 4.66. The molecule has 0 radical (unpaired) electrons. The molecule has 0 heterocycles. The first-order valence-electron chi connectivity index (χ1n) is 5.26. The first kappa shape index (κ1) is 13.2. The molecular formula is C12H15NO4. The first-order valence-corrected chi connectivity index (χ1v) is 5.26. The van der Waals surface area contributed by atoms with Crippen LogP contribution >= 0.6 is 0 Å². The minimum Gasteiger partial charge on any atom is -0.480 e. The van der Waals surface area contributed by atoms with Crippen LogP contribution in [-0.2, 0) is 16.0 Å². The summed E-state index contributed by atoms with van der Waals surface area (Å²) >= 11 is 0. The number of amides is 1. The fourth-order valence-corrected chi connectivity index (χ4v) is 1.34. The number of hydrogen-bond acceptors (Lipinski definition) is 3. The smallest absolute Gasteiger partial charge is 0.326 e. The van der Waals surface area contributed by atoms with Gasteiger partial charge in [-0.05, 0) is 12.5 Å². The summed E-state index contributed by atoms with van der Waals surface area (Å²) < 4.78 is 0. The van der Waals surface area contributed by atoms with E-state index < -0.39 is 24.0 Å². The van der Waals surface area contributed by atoms with Crippen LogP contribution in [0.15, 0.2) is 30.3 Å². The molecule has 0 saturated carbocycles. The molecule has 1 aromatic carbocycles. The quantitative estimate of drug-likeness (QED) is 0.681. The van der Waals surface area contributed by atoms with Crippen LogP contribution in [0.2, 0.25) is 0 Å². The molecule has 1 amide bonds. The van der Waals surface area contributed by atoms with Crippen molar-refractivity contribution >= 4 is 11.9 Å². The average molecular weight is 237 g/mol. The Bertz CT molecular complexity index is 389. The van der Waals surface area contributed by atoms with Crippen molar-refractivity contribution in [1.82, 2.24) is 5.32 Å². The van der Waals surface area contributed by atoms with Gasteiger partial charge in [0.05, 0.1) is 0 Å². The molecular weight excluding hydrogens is 222 g/mol. The molecule has 2 atom stereocenters. The van der Waals surface area contributed by atoms with Gasteiger partial charge < -0.3 is 15.5 Å². The molecule has 0 aliphatic heterocycles. The molecule has 5 nitrogen and oxygen atoms in total. The van der Waals surface area contributed by atoms with E-state index in [0.717, 1.165) is 5.56 Å². The molecule has 17 heavy (non-hydrogen) atoms. The summed E-state index contributed by atoms with van der Waals surface area (Å²) in [6.45, 7) is 1.29. The lowest BCUT2D eigenvalue weighted by atomic mass is 10.1. The lowest BCUT2D eigenvalue weighted by Gasteiger charge is -2.15. The van der Waals surface area contributed by atoms with E-state index in [0.29, 0.717) is 0 Å². The number of aliphatic hydroxyl groups is 1. The third-order valence-corrected chi connectivity index (χ3v) is 2.28. The largest absolute Gasteiger partial charge is 0.480 e. The van der Waals surface area contributed by atoms with Crippen molar-refractivity contribution in [2.45, 2.75) is 25.5 Å². The normalized spacial score (nSPS) is 13.8. The van der Waals surface area contributed by atoms with Crippen LogP contribution in [0.5, 0.6) is 0 Å². The van der Waals surface area contributed by atoms with Gasteiger partial charge in [-0.3, -0.25) is 4.79 Å². The Morgan fingerprint density at radius 2 is 1.88 bits per heavy atom. The molecule has 0 spiro atoms. The molecule has 0 bridgehead atoms. The van der Waals surface area contributed by atoms with E-state index in [-0.39, 0.29) is 6.42 Å². The van der Waals surface area contributed by atoms with Gasteiger partial charge in [0.25, 0.3) is 0 Å². The van der Waals surface area contributed by atoms with Crippen molar-refractivity contribution in [2.24, 2.45) is 0 Å². The van der Waals surface area contributed by atoms with E-state index in [9.17, 15) is 9.59 Å². The summed E-state index contributed by atoms with van der Waals surface area (Å²) in [5.41, 5.74) is 0.811. The van der Waals surface area contributed by atoms with Crippen LogP contribution in [-0.4, -0.2) is 34.2 Å². The molecule has 0 aromatic heterocycles. The maximum absolute atomic E-state index is 11.2. The number of nitrogens with one attached hydrogen (secondary N) is 1. The standard InChI is InChI=1S/C12H15NO4/c1-8(14)11(15)13-10(12(16)17)7-9-5-3-2-4-6-9/h2-6,8,10,14H,7H2,1H3,(H,13,15)(H,16,17)/t8-,10?/m0/s1. The van der Waals surface area contributed by atoms with Crippen molar-refractivity contribution in [3.8, 4) is 0 Å². The Labute approximate surface area is 99.1 Å². The van der Waals surface area contributed by atoms with Crippen LogP contribution in [0.1, 0.15) is 12.5 Å². The first-order chi connectivity index (χ1) is 8.00. The molecule has 1 unspecified atom stereocenters. The molecule has 0 aliphatic carbocycles. The van der Waals surface area contributed by atoms with Gasteiger partial charge in [-0.1, -0.05) is 30.3 Å². The van der Waals surface area contributed by atoms with Gasteiger partial charge in [0, 0.05) is 6.42 Å². The third kappa shape index (κ3) is 4.24. The highest BCUT2D eigenvalue weighted by atomic mass is 16.4. The van der Waals surface area contributed by atoms with Crippen molar-refractivity contribution < 1.29 is 19.8 Å². The SMILES string of the molecule is C[C@H](O)C(=O)NC(Cc1ccccc1)C(=O)O. The van der Waals surface area contributed by atoms with E-state index in [1.54, 1.807) is 24.3 Å². The molecule has 0 fully saturated rings. The summed E-state index contributed by atoms with van der Waals surface area (Å²) in [5.74, 6) is -1.81. The molecule has 0 saturated heterocycles.